The number of para-hydroxylation sites is 1. The summed E-state index contributed by atoms with van der Waals surface area (Å²) < 4.78 is 37.2. The number of carbonyl (C=O) groups excluding carboxylic acids is 1. The minimum atomic E-state index is -0.902. The number of nitrogens with zero attached hydrogens (tertiary/aromatic N) is 5. The zero-order chi connectivity index (χ0) is 29.4. The van der Waals surface area contributed by atoms with Crippen molar-refractivity contribution in [3.05, 3.63) is 114 Å². The van der Waals surface area contributed by atoms with Crippen LogP contribution in [0.5, 0.6) is 0 Å². The first-order valence-corrected chi connectivity index (χ1v) is 13.9. The normalized spacial score (nSPS) is 17.9. The van der Waals surface area contributed by atoms with Crippen molar-refractivity contribution in [3.63, 3.8) is 0 Å². The molecule has 1 unspecified atom stereocenters. The Balaban J connectivity index is 1.29. The topological polar surface area (TPSA) is 81.1 Å². The average Bonchev–Trinajstić information content (AvgIpc) is 3.79. The van der Waals surface area contributed by atoms with E-state index in [1.807, 2.05) is 74.2 Å². The van der Waals surface area contributed by atoms with E-state index in [2.05, 4.69) is 15.3 Å². The summed E-state index contributed by atoms with van der Waals surface area (Å²) in [6.45, 7) is 5.07. The van der Waals surface area contributed by atoms with Crippen LogP contribution in [0.1, 0.15) is 41.5 Å². The Kier molecular flexibility index (Phi) is 7.47. The molecule has 2 aromatic carbocycles. The lowest BCUT2D eigenvalue weighted by molar-refractivity contribution is -0.121. The first-order valence-electron chi connectivity index (χ1n) is 13.9. The number of benzene rings is 2. The first kappa shape index (κ1) is 27.6. The lowest BCUT2D eigenvalue weighted by Crippen LogP contribution is -2.41. The molecule has 5 aromatic rings. The van der Waals surface area contributed by atoms with Crippen molar-refractivity contribution in [2.45, 2.75) is 38.3 Å². The molecule has 1 saturated heterocycles. The molecular formula is C32H32F2N6O2. The summed E-state index contributed by atoms with van der Waals surface area (Å²) in [4.78, 5) is 15.9. The minimum Gasteiger partial charge on any atom is -0.468 e. The van der Waals surface area contributed by atoms with Crippen LogP contribution in [-0.2, 0) is 18.3 Å². The Hall–Kier alpha value is -4.57. The fourth-order valence-corrected chi connectivity index (χ4v) is 5.84. The highest BCUT2D eigenvalue weighted by Crippen LogP contribution is 2.34. The molecule has 0 aliphatic carbocycles. The van der Waals surface area contributed by atoms with Crippen molar-refractivity contribution < 1.29 is 18.0 Å². The summed E-state index contributed by atoms with van der Waals surface area (Å²) in [7, 11) is 1.85. The van der Waals surface area contributed by atoms with Crippen LogP contribution in [0.2, 0.25) is 0 Å². The van der Waals surface area contributed by atoms with Gasteiger partial charge in [-0.15, -0.1) is 0 Å². The lowest BCUT2D eigenvalue weighted by Gasteiger charge is -2.22. The molecule has 10 heteroatoms. The smallest absolute Gasteiger partial charge is 0.226 e. The molecule has 216 valence electrons. The second-order valence-electron chi connectivity index (χ2n) is 10.8. The quantitative estimate of drug-likeness (QED) is 0.272. The third-order valence-electron chi connectivity index (χ3n) is 8.12. The van der Waals surface area contributed by atoms with E-state index < -0.39 is 11.6 Å². The van der Waals surface area contributed by atoms with E-state index in [0.717, 1.165) is 40.0 Å². The van der Waals surface area contributed by atoms with Gasteiger partial charge in [0.25, 0.3) is 0 Å². The molecule has 0 radical (unpaired) electrons. The van der Waals surface area contributed by atoms with E-state index in [4.69, 9.17) is 9.52 Å². The van der Waals surface area contributed by atoms with Crippen LogP contribution in [-0.4, -0.2) is 49.5 Å². The van der Waals surface area contributed by atoms with Gasteiger partial charge in [-0.3, -0.25) is 14.4 Å². The molecule has 1 N–H and O–H groups in total. The predicted molar refractivity (Wildman–Crippen MR) is 154 cm³/mol. The lowest BCUT2D eigenvalue weighted by atomic mass is 9.94. The third kappa shape index (κ3) is 5.37. The summed E-state index contributed by atoms with van der Waals surface area (Å²) in [5.41, 5.74) is 4.76. The van der Waals surface area contributed by atoms with Crippen LogP contribution in [0, 0.1) is 18.6 Å². The molecule has 3 aromatic heterocycles. The summed E-state index contributed by atoms with van der Waals surface area (Å²) in [5.74, 6) is -1.42. The zero-order valence-electron chi connectivity index (χ0n) is 23.7. The van der Waals surface area contributed by atoms with Gasteiger partial charge in [-0.1, -0.05) is 24.3 Å². The van der Waals surface area contributed by atoms with Gasteiger partial charge in [-0.05, 0) is 61.4 Å². The minimum absolute atomic E-state index is 0.0569. The maximum atomic E-state index is 14.3. The third-order valence-corrected chi connectivity index (χ3v) is 8.12. The number of halogens is 2. The zero-order valence-corrected chi connectivity index (χ0v) is 23.7. The summed E-state index contributed by atoms with van der Waals surface area (Å²) in [6, 6.07) is 17.0. The van der Waals surface area contributed by atoms with Gasteiger partial charge in [-0.2, -0.15) is 10.2 Å². The van der Waals surface area contributed by atoms with Crippen molar-refractivity contribution in [1.82, 2.24) is 29.8 Å². The van der Waals surface area contributed by atoms with Gasteiger partial charge in [0.1, 0.15) is 5.76 Å². The Labute approximate surface area is 242 Å². The molecule has 1 fully saturated rings. The maximum Gasteiger partial charge on any atom is 0.226 e. The molecule has 1 amide bonds. The van der Waals surface area contributed by atoms with Gasteiger partial charge in [-0.25, -0.2) is 13.5 Å². The van der Waals surface area contributed by atoms with E-state index in [1.54, 1.807) is 23.2 Å². The van der Waals surface area contributed by atoms with E-state index >= 15 is 0 Å². The van der Waals surface area contributed by atoms with E-state index in [0.29, 0.717) is 18.7 Å². The highest BCUT2D eigenvalue weighted by Gasteiger charge is 2.38. The summed E-state index contributed by atoms with van der Waals surface area (Å²) >= 11 is 0. The van der Waals surface area contributed by atoms with E-state index in [9.17, 15) is 13.6 Å². The van der Waals surface area contributed by atoms with E-state index in [1.165, 1.54) is 6.07 Å². The van der Waals surface area contributed by atoms with Crippen molar-refractivity contribution in [1.29, 1.82) is 0 Å². The SMILES string of the molecule is Cc1c(-c2cnn(C)c2)nn(-c2ccccc2)c1CC(=O)N[C@@H]1CN(C(C)c2ccco2)C[C@H]1c1ccc(F)c(F)c1. The second kappa shape index (κ2) is 11.4. The largest absolute Gasteiger partial charge is 0.468 e. The van der Waals surface area contributed by atoms with Crippen molar-refractivity contribution >= 4 is 5.91 Å². The highest BCUT2D eigenvalue weighted by atomic mass is 19.2. The van der Waals surface area contributed by atoms with Crippen molar-refractivity contribution in [2.24, 2.45) is 7.05 Å². The first-order chi connectivity index (χ1) is 20.3. The number of furan rings is 1. The molecular weight excluding hydrogens is 538 g/mol. The van der Waals surface area contributed by atoms with Crippen LogP contribution in [0.4, 0.5) is 8.78 Å². The highest BCUT2D eigenvalue weighted by molar-refractivity contribution is 5.80. The number of likely N-dealkylation sites (tertiary alicyclic amines) is 1. The number of aromatic nitrogens is 4. The maximum absolute atomic E-state index is 14.3. The predicted octanol–water partition coefficient (Wildman–Crippen LogP) is 5.34. The Morgan fingerprint density at radius 1 is 1.10 bits per heavy atom. The van der Waals surface area contributed by atoms with Gasteiger partial charge in [0.15, 0.2) is 11.6 Å². The number of hydrogen-bond acceptors (Lipinski definition) is 5. The number of hydrogen-bond donors (Lipinski definition) is 1. The molecule has 8 nitrogen and oxygen atoms in total. The molecule has 1 aliphatic heterocycles. The number of rotatable bonds is 8. The van der Waals surface area contributed by atoms with Crippen LogP contribution in [0.3, 0.4) is 0 Å². The van der Waals surface area contributed by atoms with Crippen molar-refractivity contribution in [2.75, 3.05) is 13.1 Å². The Morgan fingerprint density at radius 3 is 2.60 bits per heavy atom. The molecule has 0 saturated carbocycles. The molecule has 0 spiro atoms. The molecule has 1 aliphatic rings. The van der Waals surface area contributed by atoms with Gasteiger partial charge < -0.3 is 9.73 Å². The van der Waals surface area contributed by atoms with Gasteiger partial charge >= 0.3 is 0 Å². The van der Waals surface area contributed by atoms with Crippen molar-refractivity contribution in [3.8, 4) is 16.9 Å². The second-order valence-corrected chi connectivity index (χ2v) is 10.8. The fraction of sp³-hybridized carbons (Fsp3) is 0.281. The molecule has 42 heavy (non-hydrogen) atoms. The molecule has 6 rings (SSSR count). The monoisotopic (exact) mass is 570 g/mol. The Morgan fingerprint density at radius 2 is 1.90 bits per heavy atom. The Bertz CT molecular complexity index is 1700. The van der Waals surface area contributed by atoms with Gasteiger partial charge in [0.05, 0.1) is 42.0 Å². The number of amides is 1. The van der Waals surface area contributed by atoms with Crippen LogP contribution in [0.15, 0.2) is 83.7 Å². The van der Waals surface area contributed by atoms with E-state index in [-0.39, 0.29) is 30.3 Å². The molecule has 0 bridgehead atoms. The number of carbonyl (C=O) groups is 1. The number of aryl methyl sites for hydroxylation is 1. The number of nitrogens with one attached hydrogen (secondary N) is 1. The summed E-state index contributed by atoms with van der Waals surface area (Å²) in [6.07, 6.45) is 5.37. The molecule has 3 atom stereocenters. The average molecular weight is 571 g/mol. The van der Waals surface area contributed by atoms with Gasteiger partial charge in [0.2, 0.25) is 5.91 Å². The standard InChI is InChI=1S/C32H32F2N6O2/c1-20-29(40(24-8-5-4-6-9-24)37-32(20)23-16-35-38(3)17-23)15-31(41)36-28-19-39(21(2)30-10-7-13-42-30)18-25(28)22-11-12-26(33)27(34)14-22/h4-14,16-17,21,25,28H,15,18-19H2,1-3H3,(H,36,41)/t21?,25-,28+/m0/s1. The van der Waals surface area contributed by atoms with Crippen LogP contribution >= 0.6 is 0 Å². The van der Waals surface area contributed by atoms with Gasteiger partial charge in [0, 0.05) is 43.9 Å². The van der Waals surface area contributed by atoms with Crippen LogP contribution < -0.4 is 5.32 Å². The fourth-order valence-electron chi connectivity index (χ4n) is 5.84. The summed E-state index contributed by atoms with van der Waals surface area (Å²) in [5, 5.41) is 12.4. The molecule has 4 heterocycles. The van der Waals surface area contributed by atoms with Crippen LogP contribution in [0.25, 0.3) is 16.9 Å².